The van der Waals surface area contributed by atoms with Crippen molar-refractivity contribution in [2.24, 2.45) is 0 Å². The number of halogens is 2. The number of anilines is 2. The summed E-state index contributed by atoms with van der Waals surface area (Å²) in [6, 6.07) is 8.84. The van der Waals surface area contributed by atoms with Crippen LogP contribution in [0.25, 0.3) is 0 Å². The van der Waals surface area contributed by atoms with E-state index in [0.29, 0.717) is 16.3 Å². The molecule has 0 saturated carbocycles. The Morgan fingerprint density at radius 2 is 2.00 bits per heavy atom. The number of amides is 1. The lowest BCUT2D eigenvalue weighted by molar-refractivity contribution is 0.102. The van der Waals surface area contributed by atoms with E-state index >= 15 is 0 Å². The maximum atomic E-state index is 13.5. The van der Waals surface area contributed by atoms with Crippen LogP contribution in [-0.2, 0) is 0 Å². The summed E-state index contributed by atoms with van der Waals surface area (Å²) in [5.41, 5.74) is 7.53. The molecule has 19 heavy (non-hydrogen) atoms. The lowest BCUT2D eigenvalue weighted by atomic mass is 10.1. The summed E-state index contributed by atoms with van der Waals surface area (Å²) in [6.07, 6.45) is 0. The van der Waals surface area contributed by atoms with Gasteiger partial charge in [-0.1, -0.05) is 11.6 Å². The summed E-state index contributed by atoms with van der Waals surface area (Å²) < 4.78 is 13.5. The fourth-order valence-electron chi connectivity index (χ4n) is 1.60. The van der Waals surface area contributed by atoms with E-state index in [1.807, 2.05) is 0 Å². The van der Waals surface area contributed by atoms with Gasteiger partial charge < -0.3 is 11.1 Å². The number of hydrogen-bond acceptors (Lipinski definition) is 2. The van der Waals surface area contributed by atoms with Crippen LogP contribution in [-0.4, -0.2) is 5.91 Å². The minimum Gasteiger partial charge on any atom is -0.399 e. The molecule has 0 radical (unpaired) electrons. The Hall–Kier alpha value is -2.07. The van der Waals surface area contributed by atoms with Gasteiger partial charge in [-0.3, -0.25) is 4.79 Å². The minimum atomic E-state index is -0.537. The van der Waals surface area contributed by atoms with Gasteiger partial charge in [0.15, 0.2) is 0 Å². The minimum absolute atomic E-state index is 0.0481. The molecule has 2 aromatic carbocycles. The van der Waals surface area contributed by atoms with Crippen LogP contribution >= 0.6 is 11.6 Å². The molecule has 0 bridgehead atoms. The van der Waals surface area contributed by atoms with E-state index in [-0.39, 0.29) is 5.69 Å². The van der Waals surface area contributed by atoms with Crippen LogP contribution < -0.4 is 11.1 Å². The predicted molar refractivity (Wildman–Crippen MR) is 75.0 cm³/mol. The van der Waals surface area contributed by atoms with Crippen molar-refractivity contribution in [2.75, 3.05) is 11.1 Å². The molecular formula is C14H12ClFN2O. The van der Waals surface area contributed by atoms with Gasteiger partial charge >= 0.3 is 0 Å². The fraction of sp³-hybridized carbons (Fsp3) is 0.0714. The van der Waals surface area contributed by atoms with Gasteiger partial charge in [0.2, 0.25) is 0 Å². The van der Waals surface area contributed by atoms with Crippen LogP contribution in [0.2, 0.25) is 5.02 Å². The summed E-state index contributed by atoms with van der Waals surface area (Å²) in [5.74, 6) is -0.950. The summed E-state index contributed by atoms with van der Waals surface area (Å²) in [5, 5.41) is 2.83. The number of hydrogen-bond donors (Lipinski definition) is 2. The Kier molecular flexibility index (Phi) is 3.71. The van der Waals surface area contributed by atoms with Gasteiger partial charge in [0.1, 0.15) is 5.82 Å². The standard InChI is InChI=1S/C14H12ClFN2O/c1-8-6-9(2-5-12(8)17)14(19)18-13-7-10(15)3-4-11(13)16/h2-7H,17H2,1H3,(H,18,19). The predicted octanol–water partition coefficient (Wildman–Crippen LogP) is 3.62. The third-order valence-corrected chi connectivity index (χ3v) is 2.94. The van der Waals surface area contributed by atoms with Crippen molar-refractivity contribution in [3.05, 3.63) is 58.4 Å². The molecule has 2 rings (SSSR count). The number of nitrogen functional groups attached to an aromatic ring is 1. The quantitative estimate of drug-likeness (QED) is 0.824. The van der Waals surface area contributed by atoms with Crippen molar-refractivity contribution in [1.29, 1.82) is 0 Å². The van der Waals surface area contributed by atoms with Gasteiger partial charge in [0.05, 0.1) is 5.69 Å². The van der Waals surface area contributed by atoms with E-state index < -0.39 is 11.7 Å². The third kappa shape index (κ3) is 3.03. The lowest BCUT2D eigenvalue weighted by Crippen LogP contribution is -2.13. The van der Waals surface area contributed by atoms with Crippen LogP contribution in [0, 0.1) is 12.7 Å². The molecular weight excluding hydrogens is 267 g/mol. The van der Waals surface area contributed by atoms with Crippen LogP contribution in [0.1, 0.15) is 15.9 Å². The first kappa shape index (κ1) is 13.4. The Bertz CT molecular complexity index is 643. The Balaban J connectivity index is 2.25. The first-order chi connectivity index (χ1) is 8.97. The molecule has 0 aliphatic rings. The molecule has 0 aliphatic carbocycles. The number of nitrogens with two attached hydrogens (primary N) is 1. The number of aryl methyl sites for hydroxylation is 1. The molecule has 0 fully saturated rings. The second-order valence-electron chi connectivity index (χ2n) is 4.15. The van der Waals surface area contributed by atoms with Crippen molar-refractivity contribution in [2.45, 2.75) is 6.92 Å². The Morgan fingerprint density at radius 3 is 2.68 bits per heavy atom. The van der Waals surface area contributed by atoms with Crippen molar-refractivity contribution in [3.8, 4) is 0 Å². The number of benzene rings is 2. The van der Waals surface area contributed by atoms with E-state index in [1.54, 1.807) is 25.1 Å². The first-order valence-corrected chi connectivity index (χ1v) is 5.97. The van der Waals surface area contributed by atoms with Crippen molar-refractivity contribution >= 4 is 28.9 Å². The highest BCUT2D eigenvalue weighted by atomic mass is 35.5. The Morgan fingerprint density at radius 1 is 1.26 bits per heavy atom. The topological polar surface area (TPSA) is 55.1 Å². The molecule has 0 spiro atoms. The average Bonchev–Trinajstić information content (AvgIpc) is 2.37. The lowest BCUT2D eigenvalue weighted by Gasteiger charge is -2.08. The number of nitrogens with one attached hydrogen (secondary N) is 1. The van der Waals surface area contributed by atoms with Gasteiger partial charge in [-0.25, -0.2) is 4.39 Å². The maximum absolute atomic E-state index is 13.5. The van der Waals surface area contributed by atoms with Gasteiger partial charge in [-0.2, -0.15) is 0 Å². The van der Waals surface area contributed by atoms with Gasteiger partial charge in [-0.15, -0.1) is 0 Å². The molecule has 0 aliphatic heterocycles. The first-order valence-electron chi connectivity index (χ1n) is 5.60. The normalized spacial score (nSPS) is 10.3. The van der Waals surface area contributed by atoms with Gasteiger partial charge in [-0.05, 0) is 48.9 Å². The molecule has 1 amide bonds. The molecule has 0 unspecified atom stereocenters. The van der Waals surface area contributed by atoms with Crippen molar-refractivity contribution in [3.63, 3.8) is 0 Å². The smallest absolute Gasteiger partial charge is 0.255 e. The highest BCUT2D eigenvalue weighted by Gasteiger charge is 2.10. The largest absolute Gasteiger partial charge is 0.399 e. The average molecular weight is 279 g/mol. The van der Waals surface area contributed by atoms with E-state index in [0.717, 1.165) is 5.56 Å². The van der Waals surface area contributed by atoms with Crippen LogP contribution in [0.4, 0.5) is 15.8 Å². The number of carbonyl (C=O) groups excluding carboxylic acids is 1. The third-order valence-electron chi connectivity index (χ3n) is 2.71. The number of carbonyl (C=O) groups is 1. The van der Waals surface area contributed by atoms with Gasteiger partial charge in [0, 0.05) is 16.3 Å². The second-order valence-corrected chi connectivity index (χ2v) is 4.59. The fourth-order valence-corrected chi connectivity index (χ4v) is 1.78. The van der Waals surface area contributed by atoms with E-state index in [2.05, 4.69) is 5.32 Å². The van der Waals surface area contributed by atoms with E-state index in [1.165, 1.54) is 18.2 Å². The molecule has 2 aromatic rings. The number of rotatable bonds is 2. The molecule has 0 atom stereocenters. The molecule has 0 aromatic heterocycles. The summed E-state index contributed by atoms with van der Waals surface area (Å²) in [4.78, 5) is 12.0. The maximum Gasteiger partial charge on any atom is 0.255 e. The van der Waals surface area contributed by atoms with Crippen LogP contribution in [0.5, 0.6) is 0 Å². The van der Waals surface area contributed by atoms with Crippen LogP contribution in [0.3, 0.4) is 0 Å². The van der Waals surface area contributed by atoms with Gasteiger partial charge in [0.25, 0.3) is 5.91 Å². The highest BCUT2D eigenvalue weighted by molar-refractivity contribution is 6.31. The summed E-state index contributed by atoms with van der Waals surface area (Å²) >= 11 is 5.76. The second kappa shape index (κ2) is 5.28. The monoisotopic (exact) mass is 278 g/mol. The van der Waals surface area contributed by atoms with Crippen molar-refractivity contribution < 1.29 is 9.18 Å². The van der Waals surface area contributed by atoms with E-state index in [9.17, 15) is 9.18 Å². The SMILES string of the molecule is Cc1cc(C(=O)Nc2cc(Cl)ccc2F)ccc1N. The summed E-state index contributed by atoms with van der Waals surface area (Å²) in [6.45, 7) is 1.80. The molecule has 98 valence electrons. The van der Waals surface area contributed by atoms with Crippen molar-refractivity contribution in [1.82, 2.24) is 0 Å². The molecule has 5 heteroatoms. The molecule has 0 heterocycles. The molecule has 3 N–H and O–H groups in total. The Labute approximate surface area is 115 Å². The molecule has 0 saturated heterocycles. The summed E-state index contributed by atoms with van der Waals surface area (Å²) in [7, 11) is 0. The zero-order chi connectivity index (χ0) is 14.0. The zero-order valence-corrected chi connectivity index (χ0v) is 11.0. The highest BCUT2D eigenvalue weighted by Crippen LogP contribution is 2.21. The zero-order valence-electron chi connectivity index (χ0n) is 10.2. The molecule has 3 nitrogen and oxygen atoms in total. The van der Waals surface area contributed by atoms with Crippen LogP contribution in [0.15, 0.2) is 36.4 Å². The van der Waals surface area contributed by atoms with E-state index in [4.69, 9.17) is 17.3 Å².